The predicted octanol–water partition coefficient (Wildman–Crippen LogP) is 4.13. The SMILES string of the molecule is N#CC(C#N)=C1Sc2nc(F)c3c(c2S1)SC(=C(C#N)C#N)S3. The Morgan fingerprint density at radius 1 is 0.739 bits per heavy atom. The lowest BCUT2D eigenvalue weighted by Crippen LogP contribution is -1.90. The smallest absolute Gasteiger partial charge is 0.211 e. The van der Waals surface area contributed by atoms with Crippen molar-refractivity contribution in [3.63, 3.8) is 0 Å². The molecule has 23 heavy (non-hydrogen) atoms. The lowest BCUT2D eigenvalue weighted by molar-refractivity contribution is 0.528. The molecule has 0 aliphatic carbocycles. The highest BCUT2D eigenvalue weighted by Gasteiger charge is 2.35. The molecule has 10 heteroatoms. The van der Waals surface area contributed by atoms with Crippen molar-refractivity contribution in [2.75, 3.05) is 0 Å². The average molecular weight is 373 g/mol. The molecular formula is C13FN5S4. The maximum absolute atomic E-state index is 14.2. The first-order valence-electron chi connectivity index (χ1n) is 5.66. The Hall–Kier alpha value is -2.08. The molecule has 0 atom stereocenters. The number of allylic oxidation sites excluding steroid dienone is 2. The summed E-state index contributed by atoms with van der Waals surface area (Å²) in [5.74, 6) is -0.689. The van der Waals surface area contributed by atoms with Crippen LogP contribution in [0.3, 0.4) is 0 Å². The Balaban J connectivity index is 2.13. The van der Waals surface area contributed by atoms with Gasteiger partial charge >= 0.3 is 0 Å². The van der Waals surface area contributed by atoms with Crippen LogP contribution in [-0.2, 0) is 0 Å². The summed E-state index contributed by atoms with van der Waals surface area (Å²) in [6, 6.07) is 7.18. The number of thioether (sulfide) groups is 4. The molecule has 108 valence electrons. The van der Waals surface area contributed by atoms with Gasteiger partial charge in [-0.3, -0.25) is 0 Å². The lowest BCUT2D eigenvalue weighted by Gasteiger charge is -2.02. The van der Waals surface area contributed by atoms with Gasteiger partial charge in [0.25, 0.3) is 0 Å². The lowest BCUT2D eigenvalue weighted by atomic mass is 10.4. The van der Waals surface area contributed by atoms with Gasteiger partial charge in [0.05, 0.1) is 18.3 Å². The van der Waals surface area contributed by atoms with E-state index in [9.17, 15) is 4.39 Å². The highest BCUT2D eigenvalue weighted by molar-refractivity contribution is 8.26. The third-order valence-corrected chi connectivity index (χ3v) is 7.85. The minimum atomic E-state index is -0.689. The van der Waals surface area contributed by atoms with Crippen molar-refractivity contribution in [1.29, 1.82) is 21.0 Å². The molecule has 1 aromatic rings. The minimum Gasteiger partial charge on any atom is -0.211 e. The molecule has 1 aromatic heterocycles. The van der Waals surface area contributed by atoms with Crippen molar-refractivity contribution < 1.29 is 4.39 Å². The van der Waals surface area contributed by atoms with Gasteiger partial charge in [0.2, 0.25) is 5.95 Å². The molecule has 0 radical (unpaired) electrons. The van der Waals surface area contributed by atoms with E-state index in [0.717, 1.165) is 35.3 Å². The van der Waals surface area contributed by atoms with E-state index < -0.39 is 5.95 Å². The Morgan fingerprint density at radius 2 is 1.22 bits per heavy atom. The molecular weight excluding hydrogens is 373 g/mol. The highest BCUT2D eigenvalue weighted by Crippen LogP contribution is 2.62. The van der Waals surface area contributed by atoms with Gasteiger partial charge < -0.3 is 0 Å². The van der Waals surface area contributed by atoms with Gasteiger partial charge in [0.15, 0.2) is 0 Å². The number of nitriles is 4. The standard InChI is InChI=1S/C13FN5S4/c14-10-8-7(20-12(21-8)5(1-15)2-16)9-11(19-10)23-13(22-9)6(3-17)4-18. The van der Waals surface area contributed by atoms with E-state index in [1.165, 1.54) is 11.8 Å². The van der Waals surface area contributed by atoms with Gasteiger partial charge in [-0.05, 0) is 0 Å². The summed E-state index contributed by atoms with van der Waals surface area (Å²) in [6.07, 6.45) is 0. The summed E-state index contributed by atoms with van der Waals surface area (Å²) in [5, 5.41) is 36.2. The molecule has 2 aliphatic heterocycles. The Kier molecular flexibility index (Phi) is 4.26. The number of pyridine rings is 1. The fraction of sp³-hybridized carbons (Fsp3) is 0. The third kappa shape index (κ3) is 2.57. The number of halogens is 1. The van der Waals surface area contributed by atoms with Crippen molar-refractivity contribution in [3.05, 3.63) is 25.6 Å². The van der Waals surface area contributed by atoms with Crippen LogP contribution in [0.2, 0.25) is 0 Å². The van der Waals surface area contributed by atoms with Crippen molar-refractivity contribution in [2.45, 2.75) is 19.7 Å². The van der Waals surface area contributed by atoms with Crippen molar-refractivity contribution >= 4 is 47.0 Å². The van der Waals surface area contributed by atoms with E-state index in [2.05, 4.69) is 4.98 Å². The first-order chi connectivity index (χ1) is 11.1. The number of hydrogen-bond acceptors (Lipinski definition) is 9. The van der Waals surface area contributed by atoms with E-state index in [1.807, 2.05) is 0 Å². The zero-order chi connectivity index (χ0) is 16.6. The number of hydrogen-bond donors (Lipinski definition) is 0. The molecule has 2 aliphatic rings. The van der Waals surface area contributed by atoms with Crippen LogP contribution in [0.5, 0.6) is 0 Å². The topological polar surface area (TPSA) is 108 Å². The second-order valence-electron chi connectivity index (χ2n) is 3.88. The second-order valence-corrected chi connectivity index (χ2v) is 8.45. The van der Waals surface area contributed by atoms with Gasteiger partial charge in [-0.25, -0.2) is 4.98 Å². The normalized spacial score (nSPS) is 14.1. The maximum atomic E-state index is 14.2. The van der Waals surface area contributed by atoms with Crippen LogP contribution in [0, 0.1) is 51.3 Å². The molecule has 0 spiro atoms. The maximum Gasteiger partial charge on any atom is 0.229 e. The van der Waals surface area contributed by atoms with Crippen molar-refractivity contribution in [3.8, 4) is 24.3 Å². The number of fused-ring (bicyclic) bond motifs is 3. The Morgan fingerprint density at radius 3 is 1.78 bits per heavy atom. The quantitative estimate of drug-likeness (QED) is 0.489. The summed E-state index contributed by atoms with van der Waals surface area (Å²) in [7, 11) is 0. The zero-order valence-corrected chi connectivity index (χ0v) is 14.0. The second kappa shape index (κ2) is 6.20. The summed E-state index contributed by atoms with van der Waals surface area (Å²) < 4.78 is 15.0. The zero-order valence-electron chi connectivity index (χ0n) is 10.7. The van der Waals surface area contributed by atoms with Crippen molar-refractivity contribution in [2.24, 2.45) is 0 Å². The van der Waals surface area contributed by atoms with E-state index in [0.29, 0.717) is 23.3 Å². The molecule has 0 fully saturated rings. The van der Waals surface area contributed by atoms with E-state index in [1.54, 1.807) is 24.3 Å². The molecule has 3 heterocycles. The molecule has 0 bridgehead atoms. The van der Waals surface area contributed by atoms with Crippen LogP contribution in [0.25, 0.3) is 0 Å². The van der Waals surface area contributed by atoms with Crippen LogP contribution in [0.4, 0.5) is 4.39 Å². The predicted molar refractivity (Wildman–Crippen MR) is 84.1 cm³/mol. The summed E-state index contributed by atoms with van der Waals surface area (Å²) in [6.45, 7) is 0. The number of rotatable bonds is 0. The Labute approximate surface area is 146 Å². The first kappa shape index (κ1) is 15.8. The summed E-state index contributed by atoms with van der Waals surface area (Å²) in [5.41, 5.74) is -0.126. The monoisotopic (exact) mass is 373 g/mol. The van der Waals surface area contributed by atoms with Gasteiger partial charge in [-0.15, -0.1) is 0 Å². The third-order valence-electron chi connectivity index (χ3n) is 2.62. The number of nitrogens with zero attached hydrogens (tertiary/aromatic N) is 5. The molecule has 3 rings (SSSR count). The molecule has 0 unspecified atom stereocenters. The van der Waals surface area contributed by atoms with E-state index in [4.69, 9.17) is 21.0 Å². The molecule has 5 nitrogen and oxygen atoms in total. The van der Waals surface area contributed by atoms with Crippen LogP contribution in [0.1, 0.15) is 0 Å². The largest absolute Gasteiger partial charge is 0.229 e. The van der Waals surface area contributed by atoms with E-state index in [-0.39, 0.29) is 16.0 Å². The van der Waals surface area contributed by atoms with Gasteiger partial charge in [-0.1, -0.05) is 47.0 Å². The van der Waals surface area contributed by atoms with Crippen LogP contribution in [-0.4, -0.2) is 4.98 Å². The van der Waals surface area contributed by atoms with Gasteiger partial charge in [0, 0.05) is 4.90 Å². The van der Waals surface area contributed by atoms with Crippen LogP contribution < -0.4 is 0 Å². The minimum absolute atomic E-state index is 0.0479. The number of aromatic nitrogens is 1. The average Bonchev–Trinajstić information content (AvgIpc) is 3.14. The van der Waals surface area contributed by atoms with Gasteiger partial charge in [-0.2, -0.15) is 25.4 Å². The summed E-state index contributed by atoms with van der Waals surface area (Å²) >= 11 is 4.39. The van der Waals surface area contributed by atoms with Crippen LogP contribution in [0.15, 0.2) is 39.3 Å². The van der Waals surface area contributed by atoms with Crippen LogP contribution >= 0.6 is 47.0 Å². The van der Waals surface area contributed by atoms with Crippen molar-refractivity contribution in [1.82, 2.24) is 4.98 Å². The highest BCUT2D eigenvalue weighted by atomic mass is 32.2. The van der Waals surface area contributed by atoms with E-state index >= 15 is 0 Å². The molecule has 0 aromatic carbocycles. The fourth-order valence-electron chi connectivity index (χ4n) is 1.67. The molecule has 0 N–H and O–H groups in total. The van der Waals surface area contributed by atoms with Gasteiger partial charge in [0.1, 0.15) is 40.4 Å². The fourth-order valence-corrected chi connectivity index (χ4v) is 6.71. The Bertz CT molecular complexity index is 952. The first-order valence-corrected chi connectivity index (χ1v) is 8.93. The molecule has 0 saturated heterocycles. The summed E-state index contributed by atoms with van der Waals surface area (Å²) in [4.78, 5) is 5.35. The molecule has 0 saturated carbocycles. The molecule has 0 amide bonds.